The summed E-state index contributed by atoms with van der Waals surface area (Å²) in [6, 6.07) is 69.9. The molecular weight excluding hydrogens is 746 g/mol. The second kappa shape index (κ2) is 18.2. The molecule has 59 heavy (non-hydrogen) atoms. The lowest BCUT2D eigenvalue weighted by molar-refractivity contribution is -0.120. The summed E-state index contributed by atoms with van der Waals surface area (Å²) in [5, 5.41) is 5.20. The third-order valence-corrected chi connectivity index (χ3v) is 14.9. The van der Waals surface area contributed by atoms with Gasteiger partial charge in [-0.05, 0) is 88.8 Å². The summed E-state index contributed by atoms with van der Waals surface area (Å²) in [5.74, 6) is -0.755. The number of amides is 1. The highest BCUT2D eigenvalue weighted by molar-refractivity contribution is 8.01. The minimum absolute atomic E-state index is 0.0965. The fraction of sp³-hybridized carbons (Fsp3) is 0.0769. The Morgan fingerprint density at radius 2 is 0.983 bits per heavy atom. The van der Waals surface area contributed by atoms with E-state index in [1.807, 2.05) is 72.8 Å². The van der Waals surface area contributed by atoms with Gasteiger partial charge in [-0.2, -0.15) is 0 Å². The first-order chi connectivity index (χ1) is 29.0. The van der Waals surface area contributed by atoms with Crippen LogP contribution in [-0.4, -0.2) is 22.9 Å². The van der Waals surface area contributed by atoms with Crippen molar-refractivity contribution in [1.29, 1.82) is 0 Å². The SMILES string of the molecule is N[C@@H](Cc1ccccc1)C(=O)N(Cc1ccccc1)c1c[nH]c(C(=O)OCc2ccc(-c3ccc([P+](c4ccccc4)(c4ccccc4)c4ccccc4)cc3)cc2)c1. The summed E-state index contributed by atoms with van der Waals surface area (Å²) in [7, 11) is -2.19. The van der Waals surface area contributed by atoms with E-state index in [0.29, 0.717) is 18.7 Å². The average molecular weight is 791 g/mol. The largest absolute Gasteiger partial charge is 0.456 e. The molecule has 8 rings (SSSR count). The fourth-order valence-corrected chi connectivity index (χ4v) is 11.9. The first-order valence-corrected chi connectivity index (χ1v) is 21.5. The van der Waals surface area contributed by atoms with Crippen LogP contribution < -0.4 is 31.9 Å². The van der Waals surface area contributed by atoms with Crippen molar-refractivity contribution in [2.24, 2.45) is 5.73 Å². The lowest BCUT2D eigenvalue weighted by Crippen LogP contribution is -2.44. The molecule has 0 fully saturated rings. The maximum Gasteiger partial charge on any atom is 0.355 e. The highest BCUT2D eigenvalue weighted by Gasteiger charge is 2.47. The van der Waals surface area contributed by atoms with Gasteiger partial charge < -0.3 is 20.4 Å². The number of aromatic nitrogens is 1. The van der Waals surface area contributed by atoms with Crippen molar-refractivity contribution in [3.8, 4) is 11.1 Å². The zero-order valence-electron chi connectivity index (χ0n) is 32.6. The number of H-pyrrole nitrogens is 1. The van der Waals surface area contributed by atoms with Crippen LogP contribution in [0.15, 0.2) is 212 Å². The van der Waals surface area contributed by atoms with E-state index >= 15 is 0 Å². The van der Waals surface area contributed by atoms with Crippen LogP contribution >= 0.6 is 7.26 Å². The molecule has 0 aliphatic rings. The number of nitrogens with one attached hydrogen (secondary N) is 1. The predicted molar refractivity (Wildman–Crippen MR) is 242 cm³/mol. The Kier molecular flexibility index (Phi) is 12.0. The highest BCUT2D eigenvalue weighted by atomic mass is 31.2. The van der Waals surface area contributed by atoms with E-state index in [-0.39, 0.29) is 18.2 Å². The number of hydrogen-bond acceptors (Lipinski definition) is 4. The smallest absolute Gasteiger partial charge is 0.355 e. The van der Waals surface area contributed by atoms with Crippen molar-refractivity contribution >= 4 is 46.0 Å². The van der Waals surface area contributed by atoms with Crippen molar-refractivity contribution in [3.63, 3.8) is 0 Å². The molecule has 0 radical (unpaired) electrons. The predicted octanol–water partition coefficient (Wildman–Crippen LogP) is 8.76. The van der Waals surface area contributed by atoms with E-state index in [0.717, 1.165) is 27.8 Å². The monoisotopic (exact) mass is 790 g/mol. The minimum Gasteiger partial charge on any atom is -0.456 e. The molecular formula is C52H45N3O3P+. The van der Waals surface area contributed by atoms with Crippen molar-refractivity contribution < 1.29 is 14.3 Å². The molecule has 1 atom stereocenters. The molecule has 1 aromatic heterocycles. The summed E-state index contributed by atoms with van der Waals surface area (Å²) in [6.45, 7) is 0.401. The number of ether oxygens (including phenoxy) is 1. The van der Waals surface area contributed by atoms with Gasteiger partial charge in [0, 0.05) is 6.20 Å². The second-order valence-electron chi connectivity index (χ2n) is 14.5. The second-order valence-corrected chi connectivity index (χ2v) is 17.9. The Morgan fingerprint density at radius 3 is 1.49 bits per heavy atom. The van der Waals surface area contributed by atoms with Crippen LogP contribution in [0.1, 0.15) is 27.2 Å². The normalized spacial score (nSPS) is 11.7. The quantitative estimate of drug-likeness (QED) is 0.0853. The van der Waals surface area contributed by atoms with Crippen LogP contribution in [0, 0.1) is 0 Å². The lowest BCUT2D eigenvalue weighted by atomic mass is 10.0. The number of esters is 1. The van der Waals surface area contributed by atoms with Crippen LogP contribution in [0.5, 0.6) is 0 Å². The first kappa shape index (κ1) is 39.0. The standard InChI is InChI=1S/C52H44N3O3P/c53-49(34-39-16-6-1-7-17-39)51(56)55(37-40-18-8-2-9-19-40)44-35-50(54-36-44)52(57)58-38-41-26-28-42(29-27-41)43-30-32-48(33-31-43)59(45-20-10-3-11-21-45,46-22-12-4-13-23-46)47-24-14-5-15-25-47/h1-33,35-36,49H,34,37-38,53H2/p+1/t49-/m0/s1. The van der Waals surface area contributed by atoms with Crippen molar-refractivity contribution in [2.45, 2.75) is 25.6 Å². The maximum atomic E-state index is 13.8. The van der Waals surface area contributed by atoms with Gasteiger partial charge in [-0.25, -0.2) is 4.79 Å². The molecule has 0 saturated carbocycles. The number of nitrogens with two attached hydrogens (primary N) is 1. The van der Waals surface area contributed by atoms with Gasteiger partial charge in [0.25, 0.3) is 0 Å². The molecule has 8 aromatic rings. The summed E-state index contributed by atoms with van der Waals surface area (Å²) in [4.78, 5) is 31.7. The third kappa shape index (κ3) is 8.70. The zero-order chi connectivity index (χ0) is 40.4. The van der Waals surface area contributed by atoms with Crippen LogP contribution in [0.3, 0.4) is 0 Å². The summed E-state index contributed by atoms with van der Waals surface area (Å²) in [5.41, 5.74) is 12.2. The Hall–Kier alpha value is -6.85. The van der Waals surface area contributed by atoms with E-state index in [1.165, 1.54) is 21.2 Å². The average Bonchev–Trinajstić information content (AvgIpc) is 3.80. The zero-order valence-corrected chi connectivity index (χ0v) is 33.5. The molecule has 0 aliphatic carbocycles. The summed E-state index contributed by atoms with van der Waals surface area (Å²) >= 11 is 0. The first-order valence-electron chi connectivity index (χ1n) is 19.8. The number of anilines is 1. The number of nitrogens with zero attached hydrogens (tertiary/aromatic N) is 1. The molecule has 7 aromatic carbocycles. The molecule has 0 bridgehead atoms. The van der Waals surface area contributed by atoms with Gasteiger partial charge in [-0.3, -0.25) is 4.79 Å². The summed E-state index contributed by atoms with van der Waals surface area (Å²) in [6.07, 6.45) is 2.05. The van der Waals surface area contributed by atoms with Crippen LogP contribution in [-0.2, 0) is 29.1 Å². The molecule has 0 spiro atoms. The van der Waals surface area contributed by atoms with Gasteiger partial charge >= 0.3 is 5.97 Å². The van der Waals surface area contributed by atoms with Crippen molar-refractivity contribution in [1.82, 2.24) is 4.98 Å². The van der Waals surface area contributed by atoms with Crippen LogP contribution in [0.4, 0.5) is 5.69 Å². The molecule has 1 amide bonds. The van der Waals surface area contributed by atoms with E-state index in [4.69, 9.17) is 10.5 Å². The van der Waals surface area contributed by atoms with E-state index in [2.05, 4.69) is 132 Å². The molecule has 3 N–H and O–H groups in total. The van der Waals surface area contributed by atoms with Crippen LogP contribution in [0.25, 0.3) is 11.1 Å². The molecule has 1 heterocycles. The van der Waals surface area contributed by atoms with Crippen molar-refractivity contribution in [2.75, 3.05) is 4.90 Å². The minimum atomic E-state index is -2.19. The van der Waals surface area contributed by atoms with Crippen LogP contribution in [0.2, 0.25) is 0 Å². The Bertz CT molecular complexity index is 2490. The number of hydrogen-bond donors (Lipinski definition) is 2. The Labute approximate surface area is 346 Å². The van der Waals surface area contributed by atoms with Gasteiger partial charge in [-0.15, -0.1) is 0 Å². The van der Waals surface area contributed by atoms with Gasteiger partial charge in [-0.1, -0.05) is 152 Å². The molecule has 0 aliphatic heterocycles. The number of aromatic amines is 1. The van der Waals surface area contributed by atoms with Gasteiger partial charge in [0.15, 0.2) is 0 Å². The van der Waals surface area contributed by atoms with E-state index in [1.54, 1.807) is 17.2 Å². The topological polar surface area (TPSA) is 88.4 Å². The maximum absolute atomic E-state index is 13.8. The molecule has 0 saturated heterocycles. The van der Waals surface area contributed by atoms with Gasteiger partial charge in [0.1, 0.15) is 40.8 Å². The number of carbonyl (C=O) groups excluding carboxylic acids is 2. The van der Waals surface area contributed by atoms with Gasteiger partial charge in [0.05, 0.1) is 18.3 Å². The number of rotatable bonds is 14. The van der Waals surface area contributed by atoms with E-state index in [9.17, 15) is 9.59 Å². The molecule has 290 valence electrons. The lowest BCUT2D eigenvalue weighted by Gasteiger charge is -2.27. The third-order valence-electron chi connectivity index (χ3n) is 10.6. The van der Waals surface area contributed by atoms with E-state index < -0.39 is 19.3 Å². The van der Waals surface area contributed by atoms with Crippen molar-refractivity contribution in [3.05, 3.63) is 235 Å². The number of benzene rings is 7. The number of carbonyl (C=O) groups is 2. The molecule has 0 unspecified atom stereocenters. The molecule has 6 nitrogen and oxygen atoms in total. The highest BCUT2D eigenvalue weighted by Crippen LogP contribution is 2.54. The Morgan fingerprint density at radius 1 is 0.542 bits per heavy atom. The summed E-state index contributed by atoms with van der Waals surface area (Å²) < 4.78 is 5.74. The Balaban J connectivity index is 0.970. The van der Waals surface area contributed by atoms with Gasteiger partial charge in [0.2, 0.25) is 5.91 Å². The fourth-order valence-electron chi connectivity index (χ4n) is 7.62. The molecule has 7 heteroatoms.